The van der Waals surface area contributed by atoms with Crippen molar-refractivity contribution >= 4 is 16.8 Å². The third-order valence-corrected chi connectivity index (χ3v) is 7.66. The van der Waals surface area contributed by atoms with Gasteiger partial charge in [-0.05, 0) is 74.3 Å². The quantitative estimate of drug-likeness (QED) is 0.581. The highest BCUT2D eigenvalue weighted by atomic mass is 16.5. The number of benzene rings is 2. The van der Waals surface area contributed by atoms with Gasteiger partial charge in [-0.15, -0.1) is 0 Å². The number of pyridine rings is 1. The minimum Gasteiger partial charge on any atom is -0.492 e. The number of nitrogens with one attached hydrogen (secondary N) is 1. The summed E-state index contributed by atoms with van der Waals surface area (Å²) in [4.78, 5) is 32.7. The zero-order valence-corrected chi connectivity index (χ0v) is 20.0. The minimum absolute atomic E-state index is 0.00653. The molecule has 6 heteroatoms. The number of likely N-dealkylation sites (tertiary alicyclic amines) is 1. The summed E-state index contributed by atoms with van der Waals surface area (Å²) in [6.07, 6.45) is 3.02. The van der Waals surface area contributed by atoms with E-state index in [1.54, 1.807) is 0 Å². The summed E-state index contributed by atoms with van der Waals surface area (Å²) >= 11 is 0. The standard InChI is InChI=1S/C28H33N3O3/c1-20-7-9-23(10-8-20)34-16-15-30(2)27(33)24-18-28(24)11-13-31(14-12-28)19-22-17-21-5-3-4-6-25(21)29-26(22)32/h3-10,17,24H,11-16,18-19H2,1-2H3,(H,29,32). The van der Waals surface area contributed by atoms with Gasteiger partial charge >= 0.3 is 0 Å². The summed E-state index contributed by atoms with van der Waals surface area (Å²) in [6.45, 7) is 5.66. The SMILES string of the molecule is Cc1ccc(OCCN(C)C(=O)C2CC23CCN(Cc2cc4ccccc4[nH]c2=O)CC3)cc1. The number of carbonyl (C=O) groups is 1. The second kappa shape index (κ2) is 9.26. The number of amides is 1. The maximum absolute atomic E-state index is 13.0. The Hall–Kier alpha value is -3.12. The Kier molecular flexibility index (Phi) is 6.17. The Morgan fingerprint density at radius 2 is 1.88 bits per heavy atom. The molecule has 3 aromatic rings. The highest BCUT2D eigenvalue weighted by Crippen LogP contribution is 2.60. The van der Waals surface area contributed by atoms with E-state index in [1.807, 2.05) is 66.5 Å². The number of hydrogen-bond donors (Lipinski definition) is 1. The number of rotatable bonds is 7. The van der Waals surface area contributed by atoms with Gasteiger partial charge in [0.25, 0.3) is 5.56 Å². The number of carbonyl (C=O) groups excluding carboxylic acids is 1. The van der Waals surface area contributed by atoms with Gasteiger partial charge in [0, 0.05) is 30.6 Å². The van der Waals surface area contributed by atoms with Gasteiger partial charge in [-0.2, -0.15) is 0 Å². The van der Waals surface area contributed by atoms with Crippen LogP contribution in [0.3, 0.4) is 0 Å². The first kappa shape index (κ1) is 22.7. The Morgan fingerprint density at radius 1 is 1.15 bits per heavy atom. The molecule has 178 valence electrons. The van der Waals surface area contributed by atoms with Gasteiger partial charge in [0.1, 0.15) is 12.4 Å². The fraction of sp³-hybridized carbons (Fsp3) is 0.429. The number of fused-ring (bicyclic) bond motifs is 1. The number of para-hydroxylation sites is 1. The van der Waals surface area contributed by atoms with Gasteiger partial charge in [0.15, 0.2) is 0 Å². The fourth-order valence-electron chi connectivity index (χ4n) is 5.27. The zero-order chi connectivity index (χ0) is 23.7. The molecule has 2 heterocycles. The van der Waals surface area contributed by atoms with Gasteiger partial charge < -0.3 is 14.6 Å². The van der Waals surface area contributed by atoms with E-state index < -0.39 is 0 Å². The van der Waals surface area contributed by atoms with Crippen LogP contribution >= 0.6 is 0 Å². The fourth-order valence-corrected chi connectivity index (χ4v) is 5.27. The van der Waals surface area contributed by atoms with Crippen LogP contribution in [0.25, 0.3) is 10.9 Å². The smallest absolute Gasteiger partial charge is 0.252 e. The summed E-state index contributed by atoms with van der Waals surface area (Å²) in [6, 6.07) is 17.9. The van der Waals surface area contributed by atoms with Crippen LogP contribution in [0, 0.1) is 18.3 Å². The van der Waals surface area contributed by atoms with E-state index in [0.29, 0.717) is 19.7 Å². The van der Waals surface area contributed by atoms with E-state index in [4.69, 9.17) is 4.74 Å². The first-order valence-corrected chi connectivity index (χ1v) is 12.2. The third kappa shape index (κ3) is 4.73. The van der Waals surface area contributed by atoms with Crippen LogP contribution in [0.1, 0.15) is 30.4 Å². The van der Waals surface area contributed by atoms with Crippen LogP contribution in [0.15, 0.2) is 59.4 Å². The number of ether oxygens (including phenoxy) is 1. The van der Waals surface area contributed by atoms with Crippen LogP contribution in [0.4, 0.5) is 0 Å². The summed E-state index contributed by atoms with van der Waals surface area (Å²) < 4.78 is 5.80. The topological polar surface area (TPSA) is 65.6 Å². The van der Waals surface area contributed by atoms with Gasteiger partial charge in [-0.1, -0.05) is 35.9 Å². The molecule has 2 aliphatic rings. The van der Waals surface area contributed by atoms with E-state index in [0.717, 1.165) is 54.6 Å². The maximum Gasteiger partial charge on any atom is 0.252 e. The summed E-state index contributed by atoms with van der Waals surface area (Å²) in [5.41, 5.74) is 3.03. The lowest BCUT2D eigenvalue weighted by molar-refractivity contribution is -0.132. The molecule has 1 N–H and O–H groups in total. The van der Waals surface area contributed by atoms with Gasteiger partial charge in [-0.25, -0.2) is 0 Å². The summed E-state index contributed by atoms with van der Waals surface area (Å²) in [5, 5.41) is 1.06. The second-order valence-electron chi connectivity index (χ2n) is 10.0. The lowest BCUT2D eigenvalue weighted by Crippen LogP contribution is -2.38. The Bertz CT molecular complexity index is 1230. The van der Waals surface area contributed by atoms with E-state index in [2.05, 4.69) is 16.8 Å². The number of aromatic amines is 1. The Morgan fingerprint density at radius 3 is 2.65 bits per heavy atom. The molecule has 1 saturated heterocycles. The van der Waals surface area contributed by atoms with Crippen LogP contribution < -0.4 is 10.3 Å². The second-order valence-corrected chi connectivity index (χ2v) is 10.0. The van der Waals surface area contributed by atoms with Crippen molar-refractivity contribution in [1.29, 1.82) is 0 Å². The van der Waals surface area contributed by atoms with Crippen molar-refractivity contribution in [3.8, 4) is 5.75 Å². The molecule has 1 aromatic heterocycles. The molecule has 2 fully saturated rings. The van der Waals surface area contributed by atoms with E-state index in [1.165, 1.54) is 5.56 Å². The number of piperidine rings is 1. The van der Waals surface area contributed by atoms with Gasteiger partial charge in [-0.3, -0.25) is 14.5 Å². The van der Waals surface area contributed by atoms with Crippen molar-refractivity contribution in [3.05, 3.63) is 76.1 Å². The van der Waals surface area contributed by atoms with E-state index >= 15 is 0 Å². The molecule has 1 spiro atoms. The average Bonchev–Trinajstić information content (AvgIpc) is 3.55. The predicted octanol–water partition coefficient (Wildman–Crippen LogP) is 3.98. The number of aryl methyl sites for hydroxylation is 1. The summed E-state index contributed by atoms with van der Waals surface area (Å²) in [5.74, 6) is 1.21. The van der Waals surface area contributed by atoms with Crippen molar-refractivity contribution in [1.82, 2.24) is 14.8 Å². The van der Waals surface area contributed by atoms with Crippen molar-refractivity contribution in [2.45, 2.75) is 32.7 Å². The van der Waals surface area contributed by atoms with E-state index in [9.17, 15) is 9.59 Å². The number of nitrogens with zero attached hydrogens (tertiary/aromatic N) is 2. The predicted molar refractivity (Wildman–Crippen MR) is 134 cm³/mol. The normalized spacial score (nSPS) is 19.3. The average molecular weight is 460 g/mol. The van der Waals surface area contributed by atoms with Crippen molar-refractivity contribution < 1.29 is 9.53 Å². The van der Waals surface area contributed by atoms with Crippen LogP contribution in [0.2, 0.25) is 0 Å². The van der Waals surface area contributed by atoms with E-state index in [-0.39, 0.29) is 22.8 Å². The molecule has 1 aliphatic heterocycles. The first-order chi connectivity index (χ1) is 16.4. The van der Waals surface area contributed by atoms with Crippen LogP contribution in [0.5, 0.6) is 5.75 Å². The molecule has 1 unspecified atom stereocenters. The molecular weight excluding hydrogens is 426 g/mol. The number of likely N-dealkylation sites (N-methyl/N-ethyl adjacent to an activating group) is 1. The molecule has 1 aliphatic carbocycles. The maximum atomic E-state index is 13.0. The first-order valence-electron chi connectivity index (χ1n) is 12.2. The lowest BCUT2D eigenvalue weighted by atomic mass is 9.90. The number of H-pyrrole nitrogens is 1. The Balaban J connectivity index is 1.10. The summed E-state index contributed by atoms with van der Waals surface area (Å²) in [7, 11) is 1.88. The molecule has 0 radical (unpaired) electrons. The van der Waals surface area contributed by atoms with Crippen LogP contribution in [-0.2, 0) is 11.3 Å². The van der Waals surface area contributed by atoms with Crippen molar-refractivity contribution in [2.75, 3.05) is 33.3 Å². The molecule has 5 rings (SSSR count). The molecule has 1 amide bonds. The molecule has 1 atom stereocenters. The highest BCUT2D eigenvalue weighted by molar-refractivity contribution is 5.82. The van der Waals surface area contributed by atoms with Gasteiger partial charge in [0.2, 0.25) is 5.91 Å². The molecule has 1 saturated carbocycles. The number of aromatic nitrogens is 1. The van der Waals surface area contributed by atoms with Crippen molar-refractivity contribution in [2.24, 2.45) is 11.3 Å². The Labute approximate surface area is 200 Å². The number of hydrogen-bond acceptors (Lipinski definition) is 4. The van der Waals surface area contributed by atoms with Crippen molar-refractivity contribution in [3.63, 3.8) is 0 Å². The monoisotopic (exact) mass is 459 g/mol. The lowest BCUT2D eigenvalue weighted by Gasteiger charge is -2.33. The highest BCUT2D eigenvalue weighted by Gasteiger charge is 2.58. The van der Waals surface area contributed by atoms with Gasteiger partial charge in [0.05, 0.1) is 6.54 Å². The molecule has 6 nitrogen and oxygen atoms in total. The molecular formula is C28H33N3O3. The molecule has 2 aromatic carbocycles. The molecule has 0 bridgehead atoms. The zero-order valence-electron chi connectivity index (χ0n) is 20.0. The third-order valence-electron chi connectivity index (χ3n) is 7.66. The largest absolute Gasteiger partial charge is 0.492 e. The minimum atomic E-state index is -0.00653. The molecule has 34 heavy (non-hydrogen) atoms. The van der Waals surface area contributed by atoms with Crippen LogP contribution in [-0.4, -0.2) is 54.0 Å².